The molecule has 21 heavy (non-hydrogen) atoms. The molecular weight excluding hydrogens is 256 g/mol. The molecule has 0 spiro atoms. The molecule has 0 amide bonds. The second kappa shape index (κ2) is 7.42. The zero-order chi connectivity index (χ0) is 15.3. The Morgan fingerprint density at radius 3 is 2.43 bits per heavy atom. The quantitative estimate of drug-likeness (QED) is 0.849. The lowest BCUT2D eigenvalue weighted by Crippen LogP contribution is -2.63. The first kappa shape index (κ1) is 16.5. The lowest BCUT2D eigenvalue weighted by Gasteiger charge is -2.48. The fourth-order valence-electron chi connectivity index (χ4n) is 3.54. The average molecular weight is 288 g/mol. The molecule has 2 heteroatoms. The fourth-order valence-corrected chi connectivity index (χ4v) is 3.54. The van der Waals surface area contributed by atoms with Gasteiger partial charge in [-0.15, -0.1) is 0 Å². The maximum Gasteiger partial charge on any atom is 0.0304 e. The van der Waals surface area contributed by atoms with Gasteiger partial charge in [0.1, 0.15) is 0 Å². The number of hydrogen-bond acceptors (Lipinski definition) is 2. The van der Waals surface area contributed by atoms with E-state index in [1.165, 1.54) is 31.4 Å². The molecule has 1 unspecified atom stereocenters. The van der Waals surface area contributed by atoms with E-state index in [0.717, 1.165) is 19.0 Å². The topological polar surface area (TPSA) is 15.3 Å². The Hall–Kier alpha value is -0.860. The van der Waals surface area contributed by atoms with E-state index in [1.807, 2.05) is 0 Å². The van der Waals surface area contributed by atoms with Crippen molar-refractivity contribution < 1.29 is 0 Å². The smallest absolute Gasteiger partial charge is 0.0304 e. The second-order valence-electron chi connectivity index (χ2n) is 7.04. The predicted molar refractivity (Wildman–Crippen MR) is 91.4 cm³/mol. The van der Waals surface area contributed by atoms with Gasteiger partial charge in [0.15, 0.2) is 0 Å². The predicted octanol–water partition coefficient (Wildman–Crippen LogP) is 4.07. The molecular formula is C19H32N2. The molecule has 1 aliphatic rings. The van der Waals surface area contributed by atoms with Crippen LogP contribution in [-0.4, -0.2) is 29.6 Å². The Bertz CT molecular complexity index is 409. The molecule has 1 atom stereocenters. The molecule has 1 saturated heterocycles. The minimum absolute atomic E-state index is 0.308. The largest absolute Gasteiger partial charge is 0.308 e. The summed E-state index contributed by atoms with van der Waals surface area (Å²) in [5.41, 5.74) is 1.75. The molecule has 2 nitrogen and oxygen atoms in total. The first-order valence-corrected chi connectivity index (χ1v) is 8.61. The minimum Gasteiger partial charge on any atom is -0.308 e. The summed E-state index contributed by atoms with van der Waals surface area (Å²) >= 11 is 0. The minimum atomic E-state index is 0.308. The van der Waals surface area contributed by atoms with E-state index >= 15 is 0 Å². The molecule has 0 saturated carbocycles. The monoisotopic (exact) mass is 288 g/mol. The summed E-state index contributed by atoms with van der Waals surface area (Å²) in [5, 5.41) is 3.86. The van der Waals surface area contributed by atoms with Crippen LogP contribution >= 0.6 is 0 Å². The van der Waals surface area contributed by atoms with Crippen LogP contribution in [0.2, 0.25) is 0 Å². The van der Waals surface area contributed by atoms with Gasteiger partial charge in [-0.1, -0.05) is 58.0 Å². The summed E-state index contributed by atoms with van der Waals surface area (Å²) < 4.78 is 0. The third kappa shape index (κ3) is 4.31. The van der Waals surface area contributed by atoms with E-state index in [1.54, 1.807) is 0 Å². The molecule has 2 rings (SSSR count). The van der Waals surface area contributed by atoms with Gasteiger partial charge < -0.3 is 5.32 Å². The van der Waals surface area contributed by atoms with Crippen LogP contribution in [0.4, 0.5) is 0 Å². The Morgan fingerprint density at radius 2 is 1.86 bits per heavy atom. The van der Waals surface area contributed by atoms with E-state index in [2.05, 4.69) is 68.2 Å². The van der Waals surface area contributed by atoms with Crippen molar-refractivity contribution in [1.29, 1.82) is 0 Å². The van der Waals surface area contributed by atoms with Gasteiger partial charge in [0.05, 0.1) is 0 Å². The van der Waals surface area contributed by atoms with Crippen molar-refractivity contribution in [2.75, 3.05) is 13.1 Å². The number of piperazine rings is 1. The highest BCUT2D eigenvalue weighted by molar-refractivity contribution is 5.15. The third-order valence-corrected chi connectivity index (χ3v) is 5.06. The molecule has 1 aliphatic heterocycles. The number of nitrogens with one attached hydrogen (secondary N) is 1. The first-order chi connectivity index (χ1) is 10.1. The van der Waals surface area contributed by atoms with Crippen molar-refractivity contribution in [2.24, 2.45) is 5.92 Å². The first-order valence-electron chi connectivity index (χ1n) is 8.61. The van der Waals surface area contributed by atoms with Crippen molar-refractivity contribution >= 4 is 0 Å². The number of hydrogen-bond donors (Lipinski definition) is 1. The maximum absolute atomic E-state index is 3.86. The van der Waals surface area contributed by atoms with Gasteiger partial charge in [0.25, 0.3) is 0 Å². The Balaban J connectivity index is 2.12. The summed E-state index contributed by atoms with van der Waals surface area (Å²) in [7, 11) is 0. The zero-order valence-corrected chi connectivity index (χ0v) is 14.2. The van der Waals surface area contributed by atoms with Crippen LogP contribution in [0.5, 0.6) is 0 Å². The second-order valence-corrected chi connectivity index (χ2v) is 7.04. The molecule has 1 aromatic carbocycles. The van der Waals surface area contributed by atoms with Crippen LogP contribution in [0.25, 0.3) is 0 Å². The molecule has 0 aromatic heterocycles. The van der Waals surface area contributed by atoms with Crippen LogP contribution < -0.4 is 5.32 Å². The summed E-state index contributed by atoms with van der Waals surface area (Å²) in [6.45, 7) is 12.7. The maximum atomic E-state index is 3.86. The van der Waals surface area contributed by atoms with Gasteiger partial charge in [0, 0.05) is 31.2 Å². The van der Waals surface area contributed by atoms with E-state index in [-0.39, 0.29) is 0 Å². The normalized spacial score (nSPS) is 22.6. The SMILES string of the molecule is CCC1(CC)CN(Cc2ccccc2)C(CC(C)C)CN1. The molecule has 1 aromatic rings. The van der Waals surface area contributed by atoms with Crippen molar-refractivity contribution in [2.45, 2.75) is 65.1 Å². The van der Waals surface area contributed by atoms with Crippen LogP contribution in [0.3, 0.4) is 0 Å². The zero-order valence-electron chi connectivity index (χ0n) is 14.2. The number of nitrogens with zero attached hydrogens (tertiary/aromatic N) is 1. The van der Waals surface area contributed by atoms with E-state index in [4.69, 9.17) is 0 Å². The molecule has 0 bridgehead atoms. The number of rotatable bonds is 6. The van der Waals surface area contributed by atoms with Crippen molar-refractivity contribution in [3.63, 3.8) is 0 Å². The Morgan fingerprint density at radius 1 is 1.19 bits per heavy atom. The summed E-state index contributed by atoms with van der Waals surface area (Å²) in [6.07, 6.45) is 3.70. The standard InChI is InChI=1S/C19H32N2/c1-5-19(6-2)15-21(14-17-10-8-7-9-11-17)18(13-20-19)12-16(3)4/h7-11,16,18,20H,5-6,12-15H2,1-4H3. The van der Waals surface area contributed by atoms with Gasteiger partial charge in [-0.25, -0.2) is 0 Å². The number of benzene rings is 1. The van der Waals surface area contributed by atoms with E-state index in [0.29, 0.717) is 11.6 Å². The van der Waals surface area contributed by atoms with Crippen molar-refractivity contribution in [3.05, 3.63) is 35.9 Å². The molecule has 1 N–H and O–H groups in total. The van der Waals surface area contributed by atoms with Gasteiger partial charge >= 0.3 is 0 Å². The van der Waals surface area contributed by atoms with Gasteiger partial charge in [-0.05, 0) is 30.7 Å². The van der Waals surface area contributed by atoms with Crippen LogP contribution in [0, 0.1) is 5.92 Å². The summed E-state index contributed by atoms with van der Waals surface area (Å²) in [4.78, 5) is 2.72. The van der Waals surface area contributed by atoms with Gasteiger partial charge in [-0.2, -0.15) is 0 Å². The summed E-state index contributed by atoms with van der Waals surface area (Å²) in [6, 6.07) is 11.6. The van der Waals surface area contributed by atoms with Crippen molar-refractivity contribution in [1.82, 2.24) is 10.2 Å². The third-order valence-electron chi connectivity index (χ3n) is 5.06. The summed E-state index contributed by atoms with van der Waals surface area (Å²) in [5.74, 6) is 0.755. The highest BCUT2D eigenvalue weighted by atomic mass is 15.3. The highest BCUT2D eigenvalue weighted by Crippen LogP contribution is 2.26. The van der Waals surface area contributed by atoms with E-state index in [9.17, 15) is 0 Å². The van der Waals surface area contributed by atoms with Crippen LogP contribution in [-0.2, 0) is 6.54 Å². The van der Waals surface area contributed by atoms with Gasteiger partial charge in [0.2, 0.25) is 0 Å². The van der Waals surface area contributed by atoms with Crippen LogP contribution in [0.1, 0.15) is 52.5 Å². The Kier molecular flexibility index (Phi) is 5.83. The van der Waals surface area contributed by atoms with Gasteiger partial charge in [-0.3, -0.25) is 4.90 Å². The fraction of sp³-hybridized carbons (Fsp3) is 0.684. The Labute approximate surface area is 130 Å². The highest BCUT2D eigenvalue weighted by Gasteiger charge is 2.36. The van der Waals surface area contributed by atoms with Crippen molar-refractivity contribution in [3.8, 4) is 0 Å². The molecule has 0 aliphatic carbocycles. The molecule has 118 valence electrons. The van der Waals surface area contributed by atoms with E-state index < -0.39 is 0 Å². The average Bonchev–Trinajstić information content (AvgIpc) is 2.50. The van der Waals surface area contributed by atoms with Crippen LogP contribution in [0.15, 0.2) is 30.3 Å². The molecule has 1 fully saturated rings. The molecule has 0 radical (unpaired) electrons. The molecule has 1 heterocycles. The lowest BCUT2D eigenvalue weighted by molar-refractivity contribution is 0.0561. The lowest BCUT2D eigenvalue weighted by atomic mass is 9.86.